The Morgan fingerprint density at radius 1 is 0.870 bits per heavy atom. The Morgan fingerprint density at radius 2 is 1.65 bits per heavy atom. The Bertz CT molecular complexity index is 800. The molecule has 0 heterocycles. The molecule has 0 saturated heterocycles. The number of phenols is 1. The van der Waals surface area contributed by atoms with E-state index in [1.54, 1.807) is 12.1 Å². The van der Waals surface area contributed by atoms with E-state index in [0.29, 0.717) is 0 Å². The van der Waals surface area contributed by atoms with Crippen LogP contribution in [0.5, 0.6) is 5.75 Å². The van der Waals surface area contributed by atoms with E-state index < -0.39 is 0 Å². The average Bonchev–Trinajstić information content (AvgIpc) is 2.61. The van der Waals surface area contributed by atoms with E-state index in [9.17, 15) is 5.11 Å². The first-order chi connectivity index (χ1) is 11.2. The van der Waals surface area contributed by atoms with Gasteiger partial charge in [0.1, 0.15) is 5.75 Å². The third kappa shape index (κ3) is 3.14. The van der Waals surface area contributed by atoms with Crippen LogP contribution in [0.3, 0.4) is 0 Å². The second kappa shape index (κ2) is 6.44. The summed E-state index contributed by atoms with van der Waals surface area (Å²) in [5.74, 6) is 0.266. The molecule has 0 atom stereocenters. The largest absolute Gasteiger partial charge is 0.508 e. The highest BCUT2D eigenvalue weighted by atomic mass is 16.3. The van der Waals surface area contributed by atoms with Crippen LogP contribution in [0.15, 0.2) is 72.8 Å². The minimum Gasteiger partial charge on any atom is -0.508 e. The molecule has 0 spiro atoms. The Balaban J connectivity index is 2.11. The average molecular weight is 304 g/mol. The topological polar surface area (TPSA) is 35.5 Å². The molecule has 0 radical (unpaired) electrons. The van der Waals surface area contributed by atoms with Crippen molar-refractivity contribution in [3.05, 3.63) is 72.8 Å². The molecule has 3 heteroatoms. The zero-order valence-electron chi connectivity index (χ0n) is 13.3. The van der Waals surface area contributed by atoms with Crippen molar-refractivity contribution in [3.63, 3.8) is 0 Å². The van der Waals surface area contributed by atoms with Crippen molar-refractivity contribution < 1.29 is 5.11 Å². The van der Waals surface area contributed by atoms with Gasteiger partial charge in [-0.2, -0.15) is 0 Å². The number of nitrogens with zero attached hydrogens (tertiary/aromatic N) is 1. The molecule has 23 heavy (non-hydrogen) atoms. The SMILES string of the molecule is CNc1ccc(N(C)c2cccc(O)c2)c(-c2ccccc2)c1. The van der Waals surface area contributed by atoms with Gasteiger partial charge in [0.2, 0.25) is 0 Å². The maximum Gasteiger partial charge on any atom is 0.117 e. The first-order valence-corrected chi connectivity index (χ1v) is 7.59. The van der Waals surface area contributed by atoms with Crippen LogP contribution < -0.4 is 10.2 Å². The lowest BCUT2D eigenvalue weighted by Gasteiger charge is -2.23. The van der Waals surface area contributed by atoms with Gasteiger partial charge in [0.05, 0.1) is 0 Å². The highest BCUT2D eigenvalue weighted by molar-refractivity contribution is 5.84. The number of hydrogen-bond acceptors (Lipinski definition) is 3. The van der Waals surface area contributed by atoms with Crippen LogP contribution in [0.1, 0.15) is 0 Å². The molecule has 2 N–H and O–H groups in total. The summed E-state index contributed by atoms with van der Waals surface area (Å²) in [5, 5.41) is 12.9. The molecule has 0 aliphatic carbocycles. The molecule has 0 fully saturated rings. The number of nitrogens with one attached hydrogen (secondary N) is 1. The number of hydrogen-bond donors (Lipinski definition) is 2. The van der Waals surface area contributed by atoms with E-state index in [4.69, 9.17) is 0 Å². The van der Waals surface area contributed by atoms with Gasteiger partial charge < -0.3 is 15.3 Å². The quantitative estimate of drug-likeness (QED) is 0.722. The molecule has 0 amide bonds. The van der Waals surface area contributed by atoms with Gasteiger partial charge in [-0.1, -0.05) is 36.4 Å². The molecule has 3 aromatic carbocycles. The van der Waals surface area contributed by atoms with Crippen LogP contribution in [0, 0.1) is 0 Å². The predicted octanol–water partition coefficient (Wildman–Crippen LogP) is 4.87. The maximum absolute atomic E-state index is 9.74. The molecule has 0 aliphatic heterocycles. The smallest absolute Gasteiger partial charge is 0.117 e. The summed E-state index contributed by atoms with van der Waals surface area (Å²) in [5.41, 5.74) is 5.40. The molecule has 116 valence electrons. The number of phenolic OH excluding ortho intramolecular Hbond substituents is 1. The molecule has 0 unspecified atom stereocenters. The second-order valence-electron chi connectivity index (χ2n) is 5.43. The Hall–Kier alpha value is -2.94. The number of anilines is 3. The normalized spacial score (nSPS) is 10.3. The fourth-order valence-corrected chi connectivity index (χ4v) is 2.67. The zero-order chi connectivity index (χ0) is 16.2. The van der Waals surface area contributed by atoms with Crippen molar-refractivity contribution in [2.24, 2.45) is 0 Å². The first-order valence-electron chi connectivity index (χ1n) is 7.59. The third-order valence-electron chi connectivity index (χ3n) is 3.95. The van der Waals surface area contributed by atoms with E-state index in [2.05, 4.69) is 40.5 Å². The third-order valence-corrected chi connectivity index (χ3v) is 3.95. The minimum absolute atomic E-state index is 0.266. The summed E-state index contributed by atoms with van der Waals surface area (Å²) in [6.07, 6.45) is 0. The van der Waals surface area contributed by atoms with Crippen LogP contribution in [0.4, 0.5) is 17.1 Å². The zero-order valence-corrected chi connectivity index (χ0v) is 13.3. The maximum atomic E-state index is 9.74. The monoisotopic (exact) mass is 304 g/mol. The molecule has 0 aromatic heterocycles. The van der Waals surface area contributed by atoms with Crippen molar-refractivity contribution in [1.82, 2.24) is 0 Å². The fourth-order valence-electron chi connectivity index (χ4n) is 2.67. The van der Waals surface area contributed by atoms with E-state index in [1.807, 2.05) is 44.4 Å². The summed E-state index contributed by atoms with van der Waals surface area (Å²) in [6.45, 7) is 0. The van der Waals surface area contributed by atoms with Gasteiger partial charge in [0.25, 0.3) is 0 Å². The van der Waals surface area contributed by atoms with Gasteiger partial charge in [0, 0.05) is 42.8 Å². The molecular formula is C20H20N2O. The van der Waals surface area contributed by atoms with Crippen LogP contribution in [0.25, 0.3) is 11.1 Å². The minimum atomic E-state index is 0.266. The van der Waals surface area contributed by atoms with Crippen molar-refractivity contribution in [1.29, 1.82) is 0 Å². The first kappa shape index (κ1) is 15.0. The predicted molar refractivity (Wildman–Crippen MR) is 97.6 cm³/mol. The van der Waals surface area contributed by atoms with Crippen molar-refractivity contribution in [3.8, 4) is 16.9 Å². The summed E-state index contributed by atoms with van der Waals surface area (Å²) in [4.78, 5) is 2.08. The van der Waals surface area contributed by atoms with Gasteiger partial charge >= 0.3 is 0 Å². The lowest BCUT2D eigenvalue weighted by atomic mass is 10.0. The Labute approximate surface area is 136 Å². The van der Waals surface area contributed by atoms with Gasteiger partial charge in [-0.3, -0.25) is 0 Å². The Morgan fingerprint density at radius 3 is 2.35 bits per heavy atom. The molecule has 0 bridgehead atoms. The lowest BCUT2D eigenvalue weighted by molar-refractivity contribution is 0.475. The van der Waals surface area contributed by atoms with Gasteiger partial charge in [0.15, 0.2) is 0 Å². The molecule has 3 nitrogen and oxygen atoms in total. The van der Waals surface area contributed by atoms with Gasteiger partial charge in [-0.25, -0.2) is 0 Å². The van der Waals surface area contributed by atoms with Gasteiger partial charge in [-0.05, 0) is 35.9 Å². The number of aromatic hydroxyl groups is 1. The molecule has 3 aromatic rings. The Kier molecular flexibility index (Phi) is 4.20. The fraction of sp³-hybridized carbons (Fsp3) is 0.100. The second-order valence-corrected chi connectivity index (χ2v) is 5.43. The van der Waals surface area contributed by atoms with Crippen LogP contribution in [0.2, 0.25) is 0 Å². The lowest BCUT2D eigenvalue weighted by Crippen LogP contribution is -2.10. The number of benzene rings is 3. The molecule has 3 rings (SSSR count). The highest BCUT2D eigenvalue weighted by Gasteiger charge is 2.12. The van der Waals surface area contributed by atoms with Crippen LogP contribution in [-0.2, 0) is 0 Å². The van der Waals surface area contributed by atoms with Crippen molar-refractivity contribution in [2.75, 3.05) is 24.3 Å². The van der Waals surface area contributed by atoms with E-state index >= 15 is 0 Å². The van der Waals surface area contributed by atoms with Crippen LogP contribution in [-0.4, -0.2) is 19.2 Å². The summed E-state index contributed by atoms with van der Waals surface area (Å²) >= 11 is 0. The van der Waals surface area contributed by atoms with Crippen molar-refractivity contribution >= 4 is 17.1 Å². The van der Waals surface area contributed by atoms with E-state index in [1.165, 1.54) is 0 Å². The molecular weight excluding hydrogens is 284 g/mol. The van der Waals surface area contributed by atoms with E-state index in [-0.39, 0.29) is 5.75 Å². The van der Waals surface area contributed by atoms with E-state index in [0.717, 1.165) is 28.2 Å². The van der Waals surface area contributed by atoms with Gasteiger partial charge in [-0.15, -0.1) is 0 Å². The van der Waals surface area contributed by atoms with Crippen molar-refractivity contribution in [2.45, 2.75) is 0 Å². The van der Waals surface area contributed by atoms with Crippen LogP contribution >= 0.6 is 0 Å². The summed E-state index contributed by atoms with van der Waals surface area (Å²) in [7, 11) is 3.93. The number of rotatable bonds is 4. The molecule has 0 aliphatic rings. The standard InChI is InChI=1S/C20H20N2O/c1-21-16-11-12-20(19(13-16)15-7-4-3-5-8-15)22(2)17-9-6-10-18(23)14-17/h3-14,21,23H,1-2H3. The highest BCUT2D eigenvalue weighted by Crippen LogP contribution is 2.36. The molecule has 0 saturated carbocycles. The summed E-state index contributed by atoms with van der Waals surface area (Å²) in [6, 6.07) is 23.9. The summed E-state index contributed by atoms with van der Waals surface area (Å²) < 4.78 is 0.